The highest BCUT2D eigenvalue weighted by Gasteiger charge is 2.26. The number of hydrogen-bond donors (Lipinski definition) is 0. The van der Waals surface area contributed by atoms with Gasteiger partial charge in [0.2, 0.25) is 0 Å². The molecule has 0 bridgehead atoms. The molecule has 0 rings (SSSR count). The van der Waals surface area contributed by atoms with Gasteiger partial charge in [-0.2, -0.15) is 0 Å². The molecular weight excluding hydrogens is 145 g/mol. The number of alkyl halides is 2. The summed E-state index contributed by atoms with van der Waals surface area (Å²) in [6, 6.07) is 0. The maximum Gasteiger partial charge on any atom is 0.189 e. The standard InChI is InChI=1S/C5H11F2OP/c1-4(7)5(2,9)8-3-6/h4H,3,9H2,1-2H3. The molecule has 0 aliphatic carbocycles. The lowest BCUT2D eigenvalue weighted by atomic mass is 10.3. The third-order valence-corrected chi connectivity index (χ3v) is 1.78. The van der Waals surface area contributed by atoms with Gasteiger partial charge in [-0.15, -0.1) is 9.24 Å². The Morgan fingerprint density at radius 3 is 2.33 bits per heavy atom. The lowest BCUT2D eigenvalue weighted by Crippen LogP contribution is -2.30. The molecule has 0 saturated heterocycles. The van der Waals surface area contributed by atoms with E-state index in [1.54, 1.807) is 0 Å². The highest BCUT2D eigenvalue weighted by molar-refractivity contribution is 7.18. The van der Waals surface area contributed by atoms with E-state index in [1.807, 2.05) is 0 Å². The highest BCUT2D eigenvalue weighted by atomic mass is 31.0. The molecule has 0 aliphatic heterocycles. The lowest BCUT2D eigenvalue weighted by molar-refractivity contribution is -0.0532. The molecule has 0 saturated carbocycles. The van der Waals surface area contributed by atoms with Crippen molar-refractivity contribution >= 4 is 9.24 Å². The van der Waals surface area contributed by atoms with E-state index in [2.05, 4.69) is 14.0 Å². The Morgan fingerprint density at radius 2 is 2.22 bits per heavy atom. The molecular formula is C5H11F2OP. The van der Waals surface area contributed by atoms with Gasteiger partial charge in [0.05, 0.1) is 0 Å². The summed E-state index contributed by atoms with van der Waals surface area (Å²) in [5.74, 6) is 0. The van der Waals surface area contributed by atoms with Gasteiger partial charge >= 0.3 is 0 Å². The van der Waals surface area contributed by atoms with Crippen LogP contribution < -0.4 is 0 Å². The number of rotatable bonds is 3. The minimum absolute atomic E-state index is 0.950. The Balaban J connectivity index is 3.70. The van der Waals surface area contributed by atoms with Gasteiger partial charge in [-0.3, -0.25) is 0 Å². The molecule has 0 aromatic rings. The summed E-state index contributed by atoms with van der Waals surface area (Å²) in [4.78, 5) is 0. The van der Waals surface area contributed by atoms with Gasteiger partial charge in [0.1, 0.15) is 11.5 Å². The third-order valence-electron chi connectivity index (χ3n) is 1.16. The summed E-state index contributed by atoms with van der Waals surface area (Å²) in [6.07, 6.45) is -1.18. The SMILES string of the molecule is CC(F)C(C)(P)OCF. The molecule has 0 aromatic heterocycles. The van der Waals surface area contributed by atoms with Crippen molar-refractivity contribution in [1.82, 2.24) is 0 Å². The number of hydrogen-bond acceptors (Lipinski definition) is 1. The first-order chi connectivity index (χ1) is 4.00. The van der Waals surface area contributed by atoms with Crippen LogP contribution in [0.2, 0.25) is 0 Å². The Kier molecular flexibility index (Phi) is 3.52. The van der Waals surface area contributed by atoms with Crippen molar-refractivity contribution in [3.63, 3.8) is 0 Å². The molecule has 0 N–H and O–H groups in total. The van der Waals surface area contributed by atoms with Crippen molar-refractivity contribution in [1.29, 1.82) is 0 Å². The first-order valence-electron chi connectivity index (χ1n) is 2.63. The van der Waals surface area contributed by atoms with Crippen molar-refractivity contribution in [2.24, 2.45) is 0 Å². The van der Waals surface area contributed by atoms with E-state index in [1.165, 1.54) is 13.8 Å². The fraction of sp³-hybridized carbons (Fsp3) is 1.00. The summed E-state index contributed by atoms with van der Waals surface area (Å²) < 4.78 is 28.2. The molecule has 0 spiro atoms. The van der Waals surface area contributed by atoms with E-state index in [4.69, 9.17) is 0 Å². The van der Waals surface area contributed by atoms with Crippen molar-refractivity contribution in [3.8, 4) is 0 Å². The van der Waals surface area contributed by atoms with Gasteiger partial charge in [0.15, 0.2) is 6.86 Å². The molecule has 3 unspecified atom stereocenters. The first kappa shape index (κ1) is 9.25. The second-order valence-corrected chi connectivity index (χ2v) is 3.20. The highest BCUT2D eigenvalue weighted by Crippen LogP contribution is 2.25. The van der Waals surface area contributed by atoms with Gasteiger partial charge < -0.3 is 4.74 Å². The molecule has 0 aliphatic rings. The Labute approximate surface area is 56.0 Å². The predicted octanol–water partition coefficient (Wildman–Crippen LogP) is 1.88. The number of ether oxygens (including phenoxy) is 1. The van der Waals surface area contributed by atoms with Crippen LogP contribution in [0.1, 0.15) is 13.8 Å². The van der Waals surface area contributed by atoms with Crippen molar-refractivity contribution < 1.29 is 13.5 Å². The van der Waals surface area contributed by atoms with Crippen LogP contribution >= 0.6 is 9.24 Å². The summed E-state index contributed by atoms with van der Waals surface area (Å²) >= 11 is 0. The zero-order valence-electron chi connectivity index (χ0n) is 5.53. The molecule has 0 amide bonds. The lowest BCUT2D eigenvalue weighted by Gasteiger charge is -2.24. The monoisotopic (exact) mass is 156 g/mol. The average molecular weight is 156 g/mol. The second kappa shape index (κ2) is 3.43. The van der Waals surface area contributed by atoms with Crippen LogP contribution in [0.25, 0.3) is 0 Å². The quantitative estimate of drug-likeness (QED) is 0.567. The smallest absolute Gasteiger partial charge is 0.189 e. The molecule has 9 heavy (non-hydrogen) atoms. The maximum absolute atomic E-state index is 12.4. The van der Waals surface area contributed by atoms with E-state index in [0.717, 1.165) is 0 Å². The molecule has 3 atom stereocenters. The van der Waals surface area contributed by atoms with Crippen molar-refractivity contribution in [2.45, 2.75) is 25.4 Å². The molecule has 4 heteroatoms. The van der Waals surface area contributed by atoms with Crippen LogP contribution in [-0.2, 0) is 4.74 Å². The van der Waals surface area contributed by atoms with E-state index in [9.17, 15) is 8.78 Å². The van der Waals surface area contributed by atoms with E-state index in [0.29, 0.717) is 0 Å². The first-order valence-corrected chi connectivity index (χ1v) is 3.21. The normalized spacial score (nSPS) is 21.0. The van der Waals surface area contributed by atoms with Crippen LogP contribution in [0.5, 0.6) is 0 Å². The molecule has 0 heterocycles. The van der Waals surface area contributed by atoms with Gasteiger partial charge in [-0.1, -0.05) is 0 Å². The van der Waals surface area contributed by atoms with Crippen LogP contribution in [0.3, 0.4) is 0 Å². The molecule has 1 nitrogen and oxygen atoms in total. The molecule has 0 aromatic carbocycles. The van der Waals surface area contributed by atoms with Gasteiger partial charge in [-0.05, 0) is 13.8 Å². The largest absolute Gasteiger partial charge is 0.337 e. The van der Waals surface area contributed by atoms with Crippen LogP contribution in [-0.4, -0.2) is 18.4 Å². The van der Waals surface area contributed by atoms with Crippen LogP contribution in [0, 0.1) is 0 Å². The molecule has 0 radical (unpaired) electrons. The summed E-state index contributed by atoms with van der Waals surface area (Å²) in [5.41, 5.74) is 0. The zero-order valence-corrected chi connectivity index (χ0v) is 6.68. The summed E-state index contributed by atoms with van der Waals surface area (Å²) in [5, 5.41) is -1.07. The van der Waals surface area contributed by atoms with E-state index in [-0.39, 0.29) is 0 Å². The Hall–Kier alpha value is 0.250. The van der Waals surface area contributed by atoms with Crippen molar-refractivity contribution in [3.05, 3.63) is 0 Å². The van der Waals surface area contributed by atoms with Gasteiger partial charge in [0, 0.05) is 0 Å². The van der Waals surface area contributed by atoms with E-state index < -0.39 is 18.4 Å². The summed E-state index contributed by atoms with van der Waals surface area (Å²) in [7, 11) is 2.11. The third kappa shape index (κ3) is 3.07. The topological polar surface area (TPSA) is 9.23 Å². The van der Waals surface area contributed by atoms with Crippen LogP contribution in [0.15, 0.2) is 0 Å². The predicted molar refractivity (Wildman–Crippen MR) is 35.7 cm³/mol. The maximum atomic E-state index is 12.4. The van der Waals surface area contributed by atoms with Crippen LogP contribution in [0.4, 0.5) is 8.78 Å². The molecule has 56 valence electrons. The van der Waals surface area contributed by atoms with E-state index >= 15 is 0 Å². The fourth-order valence-electron chi connectivity index (χ4n) is 0.232. The van der Waals surface area contributed by atoms with Gasteiger partial charge in [0.25, 0.3) is 0 Å². The number of halogens is 2. The van der Waals surface area contributed by atoms with Gasteiger partial charge in [-0.25, -0.2) is 8.78 Å². The fourth-order valence-corrected chi connectivity index (χ4v) is 0.295. The average Bonchev–Trinajstić information content (AvgIpc) is 1.65. The zero-order chi connectivity index (χ0) is 7.49. The van der Waals surface area contributed by atoms with Crippen molar-refractivity contribution in [2.75, 3.05) is 6.86 Å². The Bertz CT molecular complexity index is 85.0. The minimum Gasteiger partial charge on any atom is -0.337 e. The second-order valence-electron chi connectivity index (χ2n) is 2.05. The minimum atomic E-state index is -1.18. The molecule has 0 fully saturated rings. The summed E-state index contributed by atoms with van der Waals surface area (Å²) in [6.45, 7) is 1.85. The Morgan fingerprint density at radius 1 is 1.78 bits per heavy atom.